The van der Waals surface area contributed by atoms with Crippen molar-refractivity contribution in [1.29, 1.82) is 0 Å². The summed E-state index contributed by atoms with van der Waals surface area (Å²) in [5.41, 5.74) is 1.41. The van der Waals surface area contributed by atoms with Crippen LogP contribution in [0.2, 0.25) is 0 Å². The molecule has 6 heteroatoms. The van der Waals surface area contributed by atoms with Crippen LogP contribution in [0.25, 0.3) is 0 Å². The lowest BCUT2D eigenvalue weighted by atomic mass is 10.2. The second-order valence-corrected chi connectivity index (χ2v) is 4.97. The molecular formula is C18H21N3O3. The summed E-state index contributed by atoms with van der Waals surface area (Å²) in [6.45, 7) is 4.63. The van der Waals surface area contributed by atoms with Crippen LogP contribution in [0.1, 0.15) is 15.9 Å². The van der Waals surface area contributed by atoms with Crippen molar-refractivity contribution in [2.45, 2.75) is 6.54 Å². The molecule has 0 aliphatic heterocycles. The largest absolute Gasteiger partial charge is 0.493 e. The van der Waals surface area contributed by atoms with Crippen molar-refractivity contribution in [2.75, 3.05) is 26.1 Å². The van der Waals surface area contributed by atoms with Gasteiger partial charge in [0.25, 0.3) is 5.91 Å². The Morgan fingerprint density at radius 2 is 2.00 bits per heavy atom. The summed E-state index contributed by atoms with van der Waals surface area (Å²) in [4.78, 5) is 16.4. The minimum atomic E-state index is -0.187. The van der Waals surface area contributed by atoms with Crippen molar-refractivity contribution in [3.63, 3.8) is 0 Å². The van der Waals surface area contributed by atoms with Crippen molar-refractivity contribution in [3.8, 4) is 11.5 Å². The average Bonchev–Trinajstić information content (AvgIpc) is 2.64. The van der Waals surface area contributed by atoms with E-state index in [9.17, 15) is 4.79 Å². The topological polar surface area (TPSA) is 72.5 Å². The second kappa shape index (κ2) is 8.57. The van der Waals surface area contributed by atoms with Crippen molar-refractivity contribution in [3.05, 3.63) is 60.3 Å². The summed E-state index contributed by atoms with van der Waals surface area (Å²) in [7, 11) is 3.16. The van der Waals surface area contributed by atoms with E-state index in [-0.39, 0.29) is 5.91 Å². The van der Waals surface area contributed by atoms with Crippen LogP contribution in [0.4, 0.5) is 5.82 Å². The van der Waals surface area contributed by atoms with E-state index in [1.165, 1.54) is 6.20 Å². The predicted molar refractivity (Wildman–Crippen MR) is 93.6 cm³/mol. The predicted octanol–water partition coefficient (Wildman–Crippen LogP) is 2.63. The normalized spacial score (nSPS) is 9.92. The number of carbonyl (C=O) groups is 1. The number of nitrogens with one attached hydrogen (secondary N) is 2. The van der Waals surface area contributed by atoms with E-state index in [2.05, 4.69) is 22.2 Å². The number of ether oxygens (including phenoxy) is 2. The molecule has 0 aliphatic rings. The molecule has 0 saturated heterocycles. The van der Waals surface area contributed by atoms with Crippen molar-refractivity contribution >= 4 is 11.7 Å². The van der Waals surface area contributed by atoms with Crippen LogP contribution < -0.4 is 20.1 Å². The Morgan fingerprint density at radius 1 is 1.21 bits per heavy atom. The Hall–Kier alpha value is -3.02. The zero-order valence-corrected chi connectivity index (χ0v) is 13.8. The van der Waals surface area contributed by atoms with Gasteiger partial charge in [-0.05, 0) is 29.8 Å². The number of nitrogens with zero attached hydrogens (tertiary/aromatic N) is 1. The second-order valence-electron chi connectivity index (χ2n) is 4.97. The third kappa shape index (κ3) is 4.49. The van der Waals surface area contributed by atoms with Gasteiger partial charge in [-0.3, -0.25) is 4.79 Å². The maximum Gasteiger partial charge on any atom is 0.253 e. The molecule has 0 aliphatic carbocycles. The van der Waals surface area contributed by atoms with Gasteiger partial charge in [-0.25, -0.2) is 4.98 Å². The highest BCUT2D eigenvalue weighted by Crippen LogP contribution is 2.27. The van der Waals surface area contributed by atoms with E-state index >= 15 is 0 Å². The molecule has 1 heterocycles. The zero-order valence-electron chi connectivity index (χ0n) is 13.8. The van der Waals surface area contributed by atoms with E-state index in [0.717, 1.165) is 5.56 Å². The minimum absolute atomic E-state index is 0.187. The number of hydrogen-bond donors (Lipinski definition) is 2. The highest BCUT2D eigenvalue weighted by atomic mass is 16.5. The van der Waals surface area contributed by atoms with Crippen LogP contribution in [0, 0.1) is 0 Å². The summed E-state index contributed by atoms with van der Waals surface area (Å²) in [6, 6.07) is 9.00. The summed E-state index contributed by atoms with van der Waals surface area (Å²) in [5.74, 6) is 1.79. The first-order valence-electron chi connectivity index (χ1n) is 7.48. The van der Waals surface area contributed by atoms with E-state index in [1.807, 2.05) is 18.2 Å². The molecule has 126 valence electrons. The van der Waals surface area contributed by atoms with Gasteiger partial charge in [-0.1, -0.05) is 12.1 Å². The van der Waals surface area contributed by atoms with Crippen LogP contribution >= 0.6 is 0 Å². The number of pyridine rings is 1. The lowest BCUT2D eigenvalue weighted by Gasteiger charge is -2.10. The standard InChI is InChI=1S/C18H21N3O3/c1-4-9-19-17-8-6-14(12-20-17)18(22)21-11-13-5-7-15(23-2)16(10-13)24-3/h4-8,10,12H,1,9,11H2,2-3H3,(H,19,20)(H,21,22). The van der Waals surface area contributed by atoms with Crippen molar-refractivity contribution < 1.29 is 14.3 Å². The molecule has 0 atom stereocenters. The van der Waals surface area contributed by atoms with Crippen LogP contribution in [0.3, 0.4) is 0 Å². The van der Waals surface area contributed by atoms with Gasteiger partial charge in [0.05, 0.1) is 19.8 Å². The molecule has 0 saturated carbocycles. The summed E-state index contributed by atoms with van der Waals surface area (Å²) >= 11 is 0. The fraction of sp³-hybridized carbons (Fsp3) is 0.222. The van der Waals surface area contributed by atoms with Crippen molar-refractivity contribution in [2.24, 2.45) is 0 Å². The molecule has 0 bridgehead atoms. The molecule has 2 aromatic rings. The molecule has 2 rings (SSSR count). The van der Waals surface area contributed by atoms with Crippen LogP contribution in [-0.4, -0.2) is 31.7 Å². The monoisotopic (exact) mass is 327 g/mol. The molecule has 1 amide bonds. The maximum atomic E-state index is 12.2. The first-order valence-corrected chi connectivity index (χ1v) is 7.48. The number of anilines is 1. The van der Waals surface area contributed by atoms with E-state index in [4.69, 9.17) is 9.47 Å². The highest BCUT2D eigenvalue weighted by molar-refractivity contribution is 5.94. The minimum Gasteiger partial charge on any atom is -0.493 e. The van der Waals surface area contributed by atoms with Crippen LogP contribution in [0.15, 0.2) is 49.2 Å². The maximum absolute atomic E-state index is 12.2. The van der Waals surface area contributed by atoms with Crippen LogP contribution in [-0.2, 0) is 6.54 Å². The van der Waals surface area contributed by atoms with E-state index in [0.29, 0.717) is 36.0 Å². The number of amides is 1. The Morgan fingerprint density at radius 3 is 2.62 bits per heavy atom. The Bertz CT molecular complexity index is 699. The third-order valence-corrected chi connectivity index (χ3v) is 3.35. The van der Waals surface area contributed by atoms with Gasteiger partial charge < -0.3 is 20.1 Å². The molecule has 1 aromatic carbocycles. The zero-order chi connectivity index (χ0) is 17.4. The molecule has 0 radical (unpaired) electrons. The fourth-order valence-corrected chi connectivity index (χ4v) is 2.08. The molecule has 0 fully saturated rings. The Kier molecular flexibility index (Phi) is 6.19. The number of rotatable bonds is 8. The van der Waals surface area contributed by atoms with Gasteiger partial charge >= 0.3 is 0 Å². The third-order valence-electron chi connectivity index (χ3n) is 3.35. The van der Waals surface area contributed by atoms with Crippen molar-refractivity contribution in [1.82, 2.24) is 10.3 Å². The van der Waals surface area contributed by atoms with Crippen LogP contribution in [0.5, 0.6) is 11.5 Å². The highest BCUT2D eigenvalue weighted by Gasteiger charge is 2.08. The first kappa shape index (κ1) is 17.3. The molecule has 24 heavy (non-hydrogen) atoms. The quantitative estimate of drug-likeness (QED) is 0.729. The number of carbonyl (C=O) groups excluding carboxylic acids is 1. The van der Waals surface area contributed by atoms with Gasteiger partial charge in [0, 0.05) is 19.3 Å². The smallest absolute Gasteiger partial charge is 0.253 e. The Balaban J connectivity index is 1.96. The molecular weight excluding hydrogens is 306 g/mol. The van der Waals surface area contributed by atoms with Gasteiger partial charge in [0.2, 0.25) is 0 Å². The summed E-state index contributed by atoms with van der Waals surface area (Å²) < 4.78 is 10.4. The molecule has 1 aromatic heterocycles. The number of methoxy groups -OCH3 is 2. The van der Waals surface area contributed by atoms with Gasteiger partial charge in [0.15, 0.2) is 11.5 Å². The van der Waals surface area contributed by atoms with Gasteiger partial charge in [-0.15, -0.1) is 6.58 Å². The first-order chi connectivity index (χ1) is 11.7. The van der Waals surface area contributed by atoms with Gasteiger partial charge in [-0.2, -0.15) is 0 Å². The number of aromatic nitrogens is 1. The van der Waals surface area contributed by atoms with E-state index < -0.39 is 0 Å². The molecule has 0 spiro atoms. The summed E-state index contributed by atoms with van der Waals surface area (Å²) in [6.07, 6.45) is 3.28. The van der Waals surface area contributed by atoms with Gasteiger partial charge in [0.1, 0.15) is 5.82 Å². The molecule has 6 nitrogen and oxygen atoms in total. The molecule has 0 unspecified atom stereocenters. The SMILES string of the molecule is C=CCNc1ccc(C(=O)NCc2ccc(OC)c(OC)c2)cn1. The lowest BCUT2D eigenvalue weighted by Crippen LogP contribution is -2.23. The fourth-order valence-electron chi connectivity index (χ4n) is 2.08. The number of hydrogen-bond acceptors (Lipinski definition) is 5. The Labute approximate surface area is 141 Å². The molecule has 2 N–H and O–H groups in total. The van der Waals surface area contributed by atoms with E-state index in [1.54, 1.807) is 32.4 Å². The summed E-state index contributed by atoms with van der Waals surface area (Å²) in [5, 5.41) is 5.91. The number of benzene rings is 1. The lowest BCUT2D eigenvalue weighted by molar-refractivity contribution is 0.0950. The average molecular weight is 327 g/mol.